The first-order chi connectivity index (χ1) is 10.1. The Bertz CT molecular complexity index is 459. The molecule has 5 rings (SSSR count). The summed E-state index contributed by atoms with van der Waals surface area (Å²) in [5, 5.41) is 9.38. The van der Waals surface area contributed by atoms with Gasteiger partial charge >= 0.3 is 5.97 Å². The van der Waals surface area contributed by atoms with Crippen molar-refractivity contribution in [2.24, 2.45) is 23.2 Å². The number of rotatable bonds is 2. The zero-order valence-electron chi connectivity index (χ0n) is 12.6. The van der Waals surface area contributed by atoms with Crippen LogP contribution in [0.2, 0.25) is 0 Å². The lowest BCUT2D eigenvalue weighted by molar-refractivity contribution is -0.158. The number of fused-ring (bicyclic) bond motifs is 1. The molecule has 1 amide bonds. The summed E-state index contributed by atoms with van der Waals surface area (Å²) in [7, 11) is 0. The van der Waals surface area contributed by atoms with Crippen molar-refractivity contribution in [2.45, 2.75) is 63.8 Å². The maximum absolute atomic E-state index is 13.2. The standard InChI is InChI=1S/C17H25NO3/c19-15(20)14-2-1-5-18(14)16(21)17-8-11-3-4-12(9-17)7-13(6-11)10-17/h11-14H,1-10H2,(H,19,20). The molecule has 3 atom stereocenters. The van der Waals surface area contributed by atoms with Crippen molar-refractivity contribution >= 4 is 11.9 Å². The number of likely N-dealkylation sites (tertiary alicyclic amines) is 1. The zero-order valence-corrected chi connectivity index (χ0v) is 12.6. The summed E-state index contributed by atoms with van der Waals surface area (Å²) in [6.45, 7) is 0.650. The van der Waals surface area contributed by atoms with E-state index in [0.717, 1.165) is 31.6 Å². The van der Waals surface area contributed by atoms with Gasteiger partial charge in [0.1, 0.15) is 6.04 Å². The summed E-state index contributed by atoms with van der Waals surface area (Å²) in [5.74, 6) is 1.52. The van der Waals surface area contributed by atoms with Crippen LogP contribution >= 0.6 is 0 Å². The molecule has 0 spiro atoms. The topological polar surface area (TPSA) is 57.6 Å². The van der Waals surface area contributed by atoms with E-state index in [9.17, 15) is 14.7 Å². The third kappa shape index (κ3) is 2.09. The first kappa shape index (κ1) is 13.6. The van der Waals surface area contributed by atoms with Crippen molar-refractivity contribution in [3.8, 4) is 0 Å². The van der Waals surface area contributed by atoms with E-state index in [1.807, 2.05) is 0 Å². The van der Waals surface area contributed by atoms with E-state index in [-0.39, 0.29) is 11.3 Å². The molecule has 1 aliphatic heterocycles. The Kier molecular flexibility index (Phi) is 3.05. The molecule has 4 heteroatoms. The first-order valence-electron chi connectivity index (χ1n) is 8.61. The van der Waals surface area contributed by atoms with Gasteiger partial charge in [0.25, 0.3) is 0 Å². The van der Waals surface area contributed by atoms with Crippen molar-refractivity contribution in [1.82, 2.24) is 4.90 Å². The monoisotopic (exact) mass is 291 g/mol. The molecule has 1 N–H and O–H groups in total. The van der Waals surface area contributed by atoms with E-state index < -0.39 is 12.0 Å². The van der Waals surface area contributed by atoms with Crippen molar-refractivity contribution < 1.29 is 14.7 Å². The molecule has 116 valence electrons. The van der Waals surface area contributed by atoms with E-state index in [1.54, 1.807) is 4.90 Å². The summed E-state index contributed by atoms with van der Waals surface area (Å²) < 4.78 is 0. The Labute approximate surface area is 125 Å². The molecule has 0 aromatic rings. The number of carboxylic acids is 1. The summed E-state index contributed by atoms with van der Waals surface area (Å²) in [4.78, 5) is 26.4. The van der Waals surface area contributed by atoms with E-state index in [0.29, 0.717) is 24.8 Å². The minimum Gasteiger partial charge on any atom is -0.480 e. The maximum atomic E-state index is 13.2. The maximum Gasteiger partial charge on any atom is 0.326 e. The molecule has 1 saturated heterocycles. The van der Waals surface area contributed by atoms with Crippen LogP contribution in [-0.4, -0.2) is 34.5 Å². The molecule has 3 unspecified atom stereocenters. The smallest absolute Gasteiger partial charge is 0.326 e. The van der Waals surface area contributed by atoms with Crippen LogP contribution in [0.25, 0.3) is 0 Å². The van der Waals surface area contributed by atoms with Gasteiger partial charge in [0, 0.05) is 6.54 Å². The van der Waals surface area contributed by atoms with Crippen molar-refractivity contribution in [1.29, 1.82) is 0 Å². The van der Waals surface area contributed by atoms with Crippen LogP contribution in [0.5, 0.6) is 0 Å². The lowest BCUT2D eigenvalue weighted by Gasteiger charge is -2.48. The summed E-state index contributed by atoms with van der Waals surface area (Å²) in [6.07, 6.45) is 9.77. The highest BCUT2D eigenvalue weighted by atomic mass is 16.4. The van der Waals surface area contributed by atoms with Gasteiger partial charge in [-0.25, -0.2) is 4.79 Å². The number of hydrogen-bond acceptors (Lipinski definition) is 2. The first-order valence-corrected chi connectivity index (χ1v) is 8.61. The molecule has 0 aromatic heterocycles. The molecule has 0 aromatic carbocycles. The summed E-state index contributed by atoms with van der Waals surface area (Å²) >= 11 is 0. The lowest BCUT2D eigenvalue weighted by Crippen LogP contribution is -2.52. The third-order valence-electron chi connectivity index (χ3n) is 6.61. The van der Waals surface area contributed by atoms with E-state index in [2.05, 4.69) is 0 Å². The quantitative estimate of drug-likeness (QED) is 0.851. The molecule has 5 fully saturated rings. The molecular weight excluding hydrogens is 266 g/mol. The normalized spacial score (nSPS) is 44.9. The van der Waals surface area contributed by atoms with Crippen LogP contribution in [0.4, 0.5) is 0 Å². The van der Waals surface area contributed by atoms with Crippen molar-refractivity contribution in [3.05, 3.63) is 0 Å². The number of carbonyl (C=O) groups is 2. The second kappa shape index (κ2) is 4.72. The van der Waals surface area contributed by atoms with Crippen LogP contribution in [0.3, 0.4) is 0 Å². The fraction of sp³-hybridized carbons (Fsp3) is 0.882. The van der Waals surface area contributed by atoms with E-state index in [4.69, 9.17) is 0 Å². The van der Waals surface area contributed by atoms with Gasteiger partial charge in [0.2, 0.25) is 5.91 Å². The van der Waals surface area contributed by atoms with Gasteiger partial charge in [-0.15, -0.1) is 0 Å². The Hall–Kier alpha value is -1.06. The number of aliphatic carboxylic acids is 1. The number of carboxylic acid groups (broad SMARTS) is 1. The molecule has 21 heavy (non-hydrogen) atoms. The van der Waals surface area contributed by atoms with Crippen molar-refractivity contribution in [3.63, 3.8) is 0 Å². The predicted octanol–water partition coefficient (Wildman–Crippen LogP) is 2.67. The summed E-state index contributed by atoms with van der Waals surface area (Å²) in [5.41, 5.74) is -0.203. The number of amides is 1. The highest BCUT2D eigenvalue weighted by Crippen LogP contribution is 2.58. The highest BCUT2D eigenvalue weighted by molar-refractivity contribution is 5.88. The van der Waals surface area contributed by atoms with Gasteiger partial charge in [0.15, 0.2) is 0 Å². The molecule has 4 bridgehead atoms. The van der Waals surface area contributed by atoms with E-state index in [1.165, 1.54) is 25.7 Å². The minimum atomic E-state index is -0.816. The second-order valence-electron chi connectivity index (χ2n) is 8.03. The van der Waals surface area contributed by atoms with Crippen LogP contribution in [0.1, 0.15) is 57.8 Å². The minimum absolute atomic E-state index is 0.189. The Balaban J connectivity index is 1.62. The van der Waals surface area contributed by atoms with Gasteiger partial charge in [-0.3, -0.25) is 4.79 Å². The SMILES string of the molecule is O=C(O)C1CCCN1C(=O)C12CC3CCC(CC(C3)C1)C2. The number of nitrogens with zero attached hydrogens (tertiary/aromatic N) is 1. The molecular formula is C17H25NO3. The summed E-state index contributed by atoms with van der Waals surface area (Å²) in [6, 6.07) is -0.563. The molecule has 4 aliphatic carbocycles. The van der Waals surface area contributed by atoms with Crippen LogP contribution in [0, 0.1) is 23.2 Å². The Morgan fingerprint density at radius 2 is 1.57 bits per heavy atom. The zero-order chi connectivity index (χ0) is 14.6. The Morgan fingerprint density at radius 3 is 2.19 bits per heavy atom. The van der Waals surface area contributed by atoms with Gasteiger partial charge in [0.05, 0.1) is 5.41 Å². The molecule has 0 radical (unpaired) electrons. The van der Waals surface area contributed by atoms with Gasteiger partial charge < -0.3 is 10.0 Å². The van der Waals surface area contributed by atoms with Crippen LogP contribution in [0.15, 0.2) is 0 Å². The van der Waals surface area contributed by atoms with E-state index >= 15 is 0 Å². The number of carbonyl (C=O) groups excluding carboxylic acids is 1. The van der Waals surface area contributed by atoms with Gasteiger partial charge in [-0.2, -0.15) is 0 Å². The predicted molar refractivity (Wildman–Crippen MR) is 77.6 cm³/mol. The van der Waals surface area contributed by atoms with Gasteiger partial charge in [-0.1, -0.05) is 12.8 Å². The molecule has 1 heterocycles. The largest absolute Gasteiger partial charge is 0.480 e. The fourth-order valence-electron chi connectivity index (χ4n) is 6.02. The average Bonchev–Trinajstić information content (AvgIpc) is 2.83. The van der Waals surface area contributed by atoms with Crippen molar-refractivity contribution in [2.75, 3.05) is 6.54 Å². The third-order valence-corrected chi connectivity index (χ3v) is 6.61. The lowest BCUT2D eigenvalue weighted by atomic mass is 9.58. The molecule has 4 saturated carbocycles. The Morgan fingerprint density at radius 1 is 0.952 bits per heavy atom. The molecule has 5 aliphatic rings. The number of hydrogen-bond donors (Lipinski definition) is 1. The molecule has 4 nitrogen and oxygen atoms in total. The van der Waals surface area contributed by atoms with Gasteiger partial charge in [-0.05, 0) is 62.7 Å². The van der Waals surface area contributed by atoms with Crippen LogP contribution in [-0.2, 0) is 9.59 Å². The van der Waals surface area contributed by atoms with Crippen LogP contribution < -0.4 is 0 Å². The fourth-order valence-corrected chi connectivity index (χ4v) is 6.02. The highest BCUT2D eigenvalue weighted by Gasteiger charge is 2.55. The second-order valence-corrected chi connectivity index (χ2v) is 8.03. The average molecular weight is 291 g/mol.